The Labute approximate surface area is 112 Å². The van der Waals surface area contributed by atoms with Crippen LogP contribution >= 0.6 is 0 Å². The molecule has 1 aromatic heterocycles. The van der Waals surface area contributed by atoms with Crippen LogP contribution in [0.25, 0.3) is 0 Å². The number of aliphatic carboxylic acids is 1. The lowest BCUT2D eigenvalue weighted by atomic mass is 9.99. The highest BCUT2D eigenvalue weighted by molar-refractivity contribution is 5.83. The second-order valence-electron chi connectivity index (χ2n) is 4.72. The van der Waals surface area contributed by atoms with Gasteiger partial charge in [-0.25, -0.2) is 4.79 Å². The molecule has 0 radical (unpaired) electrons. The molecule has 0 spiro atoms. The first-order chi connectivity index (χ1) is 8.95. The maximum atomic E-state index is 11.8. The van der Waals surface area contributed by atoms with E-state index in [-0.39, 0.29) is 18.2 Å². The number of aromatic nitrogens is 2. The third-order valence-electron chi connectivity index (χ3n) is 3.33. The van der Waals surface area contributed by atoms with Crippen LogP contribution in [-0.4, -0.2) is 32.8 Å². The summed E-state index contributed by atoms with van der Waals surface area (Å²) < 4.78 is 1.70. The molecule has 1 amide bonds. The molecule has 2 atom stereocenters. The van der Waals surface area contributed by atoms with Crippen molar-refractivity contribution in [2.45, 2.75) is 39.2 Å². The molecule has 6 heteroatoms. The average molecular weight is 267 g/mol. The molecule has 0 saturated heterocycles. The summed E-state index contributed by atoms with van der Waals surface area (Å²) in [5.41, 5.74) is 0.950. The van der Waals surface area contributed by atoms with Gasteiger partial charge in [0.25, 0.3) is 0 Å². The van der Waals surface area contributed by atoms with E-state index < -0.39 is 12.0 Å². The van der Waals surface area contributed by atoms with Crippen LogP contribution in [-0.2, 0) is 23.1 Å². The fraction of sp³-hybridized carbons (Fsp3) is 0.615. The summed E-state index contributed by atoms with van der Waals surface area (Å²) in [7, 11) is 1.81. The Kier molecular flexibility index (Phi) is 5.54. The summed E-state index contributed by atoms with van der Waals surface area (Å²) >= 11 is 0. The van der Waals surface area contributed by atoms with E-state index in [1.165, 1.54) is 0 Å². The number of amides is 1. The van der Waals surface area contributed by atoms with Crippen molar-refractivity contribution in [2.24, 2.45) is 13.0 Å². The number of carboxylic acids is 1. The molecule has 1 rings (SSSR count). The van der Waals surface area contributed by atoms with Crippen LogP contribution in [0.5, 0.6) is 0 Å². The third kappa shape index (κ3) is 4.39. The minimum atomic E-state index is -0.983. The van der Waals surface area contributed by atoms with Gasteiger partial charge < -0.3 is 10.4 Å². The summed E-state index contributed by atoms with van der Waals surface area (Å²) in [4.78, 5) is 22.9. The Balaban J connectivity index is 2.49. The van der Waals surface area contributed by atoms with Gasteiger partial charge in [-0.1, -0.05) is 20.3 Å². The van der Waals surface area contributed by atoms with Crippen molar-refractivity contribution in [3.05, 3.63) is 18.0 Å². The van der Waals surface area contributed by atoms with E-state index >= 15 is 0 Å². The molecular formula is C13H21N3O3. The molecule has 0 bridgehead atoms. The smallest absolute Gasteiger partial charge is 0.326 e. The van der Waals surface area contributed by atoms with E-state index in [0.717, 1.165) is 5.69 Å². The predicted molar refractivity (Wildman–Crippen MR) is 70.6 cm³/mol. The molecule has 0 fully saturated rings. The normalized spacial score (nSPS) is 13.8. The van der Waals surface area contributed by atoms with Gasteiger partial charge in [-0.05, 0) is 18.4 Å². The van der Waals surface area contributed by atoms with E-state index in [9.17, 15) is 9.59 Å². The fourth-order valence-corrected chi connectivity index (χ4v) is 1.82. The molecule has 1 heterocycles. The van der Waals surface area contributed by atoms with E-state index in [1.54, 1.807) is 10.9 Å². The van der Waals surface area contributed by atoms with Crippen LogP contribution in [0.4, 0.5) is 0 Å². The Morgan fingerprint density at radius 2 is 2.21 bits per heavy atom. The van der Waals surface area contributed by atoms with Crippen molar-refractivity contribution in [1.82, 2.24) is 15.1 Å². The van der Waals surface area contributed by atoms with Crippen LogP contribution in [0.2, 0.25) is 0 Å². The Hall–Kier alpha value is -1.85. The first kappa shape index (κ1) is 15.2. The summed E-state index contributed by atoms with van der Waals surface area (Å²) in [6.07, 6.45) is 3.19. The van der Waals surface area contributed by atoms with Gasteiger partial charge in [0.15, 0.2) is 0 Å². The van der Waals surface area contributed by atoms with Crippen LogP contribution in [0, 0.1) is 5.92 Å². The zero-order valence-corrected chi connectivity index (χ0v) is 11.6. The van der Waals surface area contributed by atoms with Gasteiger partial charge in [-0.3, -0.25) is 9.48 Å². The highest BCUT2D eigenvalue weighted by Gasteiger charge is 2.24. The number of carbonyl (C=O) groups excluding carboxylic acids is 1. The SMILES string of the molecule is CC[C@H](C)[C@H](NC(=O)CCc1ccnn1C)C(=O)O. The summed E-state index contributed by atoms with van der Waals surface area (Å²) in [6.45, 7) is 3.72. The van der Waals surface area contributed by atoms with Gasteiger partial charge in [0, 0.05) is 25.4 Å². The maximum absolute atomic E-state index is 11.8. The lowest BCUT2D eigenvalue weighted by Crippen LogP contribution is -2.45. The molecule has 2 N–H and O–H groups in total. The van der Waals surface area contributed by atoms with Crippen molar-refractivity contribution < 1.29 is 14.7 Å². The second kappa shape index (κ2) is 6.92. The molecular weight excluding hydrogens is 246 g/mol. The molecule has 6 nitrogen and oxygen atoms in total. The molecule has 0 aliphatic carbocycles. The van der Waals surface area contributed by atoms with Gasteiger partial charge in [-0.2, -0.15) is 5.10 Å². The lowest BCUT2D eigenvalue weighted by Gasteiger charge is -2.20. The topological polar surface area (TPSA) is 84.2 Å². The number of aryl methyl sites for hydroxylation is 2. The van der Waals surface area contributed by atoms with Gasteiger partial charge >= 0.3 is 5.97 Å². The first-order valence-corrected chi connectivity index (χ1v) is 6.44. The molecule has 0 aromatic carbocycles. The fourth-order valence-electron chi connectivity index (χ4n) is 1.82. The largest absolute Gasteiger partial charge is 0.480 e. The molecule has 1 aromatic rings. The number of carboxylic acid groups (broad SMARTS) is 1. The molecule has 0 unspecified atom stereocenters. The van der Waals surface area contributed by atoms with Crippen LogP contribution in [0.1, 0.15) is 32.4 Å². The lowest BCUT2D eigenvalue weighted by molar-refractivity contribution is -0.143. The van der Waals surface area contributed by atoms with E-state index in [2.05, 4.69) is 10.4 Å². The predicted octanol–water partition coefficient (Wildman–Crippen LogP) is 0.968. The van der Waals surface area contributed by atoms with Crippen LogP contribution in [0.15, 0.2) is 12.3 Å². The molecule has 106 valence electrons. The zero-order valence-electron chi connectivity index (χ0n) is 11.6. The summed E-state index contributed by atoms with van der Waals surface area (Å²) in [5, 5.41) is 15.7. The molecule has 0 aliphatic rings. The van der Waals surface area contributed by atoms with Gasteiger partial charge in [-0.15, -0.1) is 0 Å². The summed E-state index contributed by atoms with van der Waals surface area (Å²) in [5.74, 6) is -1.31. The van der Waals surface area contributed by atoms with E-state index in [0.29, 0.717) is 12.8 Å². The average Bonchev–Trinajstić information content (AvgIpc) is 2.77. The minimum absolute atomic E-state index is 0.0850. The van der Waals surface area contributed by atoms with E-state index in [1.807, 2.05) is 27.0 Å². The molecule has 0 aliphatic heterocycles. The quantitative estimate of drug-likeness (QED) is 0.771. The van der Waals surface area contributed by atoms with Crippen molar-refractivity contribution in [3.8, 4) is 0 Å². The Bertz CT molecular complexity index is 442. The van der Waals surface area contributed by atoms with Crippen LogP contribution in [0.3, 0.4) is 0 Å². The zero-order chi connectivity index (χ0) is 14.4. The van der Waals surface area contributed by atoms with Crippen molar-refractivity contribution >= 4 is 11.9 Å². The number of nitrogens with one attached hydrogen (secondary N) is 1. The first-order valence-electron chi connectivity index (χ1n) is 6.44. The Morgan fingerprint density at radius 3 is 2.68 bits per heavy atom. The van der Waals surface area contributed by atoms with Crippen molar-refractivity contribution in [1.29, 1.82) is 0 Å². The highest BCUT2D eigenvalue weighted by Crippen LogP contribution is 2.09. The van der Waals surface area contributed by atoms with Gasteiger partial charge in [0.05, 0.1) is 0 Å². The van der Waals surface area contributed by atoms with Crippen LogP contribution < -0.4 is 5.32 Å². The van der Waals surface area contributed by atoms with Crippen molar-refractivity contribution in [2.75, 3.05) is 0 Å². The third-order valence-corrected chi connectivity index (χ3v) is 3.33. The molecule has 19 heavy (non-hydrogen) atoms. The number of hydrogen-bond donors (Lipinski definition) is 2. The number of hydrogen-bond acceptors (Lipinski definition) is 3. The highest BCUT2D eigenvalue weighted by atomic mass is 16.4. The second-order valence-corrected chi connectivity index (χ2v) is 4.72. The number of rotatable bonds is 7. The van der Waals surface area contributed by atoms with Gasteiger partial charge in [0.1, 0.15) is 6.04 Å². The van der Waals surface area contributed by atoms with E-state index in [4.69, 9.17) is 5.11 Å². The molecule has 0 saturated carbocycles. The Morgan fingerprint density at radius 1 is 1.53 bits per heavy atom. The number of carbonyl (C=O) groups is 2. The monoisotopic (exact) mass is 267 g/mol. The standard InChI is InChI=1S/C13H21N3O3/c1-4-9(2)12(13(18)19)15-11(17)6-5-10-7-8-14-16(10)3/h7-9,12H,4-6H2,1-3H3,(H,15,17)(H,18,19)/t9-,12-/m0/s1. The summed E-state index contributed by atoms with van der Waals surface area (Å²) in [6, 6.07) is 1.03. The number of nitrogens with zero attached hydrogens (tertiary/aromatic N) is 2. The van der Waals surface area contributed by atoms with Gasteiger partial charge in [0.2, 0.25) is 5.91 Å². The minimum Gasteiger partial charge on any atom is -0.480 e. The maximum Gasteiger partial charge on any atom is 0.326 e. The van der Waals surface area contributed by atoms with Crippen molar-refractivity contribution in [3.63, 3.8) is 0 Å².